The van der Waals surface area contributed by atoms with E-state index in [9.17, 15) is 4.79 Å². The van der Waals surface area contributed by atoms with Crippen molar-refractivity contribution in [3.8, 4) is 0 Å². The normalized spacial score (nSPS) is 10.7. The largest absolute Gasteiger partial charge is 0.321 e. The van der Waals surface area contributed by atoms with Gasteiger partial charge >= 0.3 is 0 Å². The Kier molecular flexibility index (Phi) is 5.57. The zero-order valence-corrected chi connectivity index (χ0v) is 14.0. The summed E-state index contributed by atoms with van der Waals surface area (Å²) in [6, 6.07) is 12.5. The second kappa shape index (κ2) is 7.21. The number of hydrogen-bond acceptors (Lipinski definition) is 2. The minimum absolute atomic E-state index is 0.178. The first kappa shape index (κ1) is 16.2. The predicted molar refractivity (Wildman–Crippen MR) is 91.9 cm³/mol. The van der Waals surface area contributed by atoms with Crippen LogP contribution in [-0.2, 0) is 0 Å². The van der Waals surface area contributed by atoms with Crippen molar-refractivity contribution < 1.29 is 4.79 Å². The van der Waals surface area contributed by atoms with Crippen LogP contribution in [-0.4, -0.2) is 11.2 Å². The maximum atomic E-state index is 12.4. The number of hydrogen-bond donors (Lipinski definition) is 1. The Balaban J connectivity index is 2.24. The molecule has 0 saturated carbocycles. The third kappa shape index (κ3) is 4.40. The van der Waals surface area contributed by atoms with Crippen LogP contribution in [0.1, 0.15) is 24.2 Å². The SMILES string of the molecule is CC(C)Sc1ccccc1C(=O)Nc1ccc(Cl)cc1Cl. The molecule has 0 heterocycles. The summed E-state index contributed by atoms with van der Waals surface area (Å²) in [5.41, 5.74) is 1.19. The summed E-state index contributed by atoms with van der Waals surface area (Å²) in [4.78, 5) is 13.4. The van der Waals surface area contributed by atoms with Crippen molar-refractivity contribution in [2.75, 3.05) is 5.32 Å². The van der Waals surface area contributed by atoms with Gasteiger partial charge in [0, 0.05) is 15.2 Å². The molecule has 0 radical (unpaired) electrons. The zero-order valence-electron chi connectivity index (χ0n) is 11.7. The molecule has 0 fully saturated rings. The molecule has 0 unspecified atom stereocenters. The Morgan fingerprint density at radius 3 is 2.52 bits per heavy atom. The van der Waals surface area contributed by atoms with Gasteiger partial charge in [-0.05, 0) is 30.3 Å². The topological polar surface area (TPSA) is 29.1 Å². The molecule has 0 bridgehead atoms. The molecular formula is C16H15Cl2NOS. The Hall–Kier alpha value is -1.16. The molecule has 0 atom stereocenters. The first-order valence-corrected chi connectivity index (χ1v) is 8.13. The molecule has 0 aliphatic heterocycles. The average molecular weight is 340 g/mol. The summed E-state index contributed by atoms with van der Waals surface area (Å²) in [5.74, 6) is -0.178. The Morgan fingerprint density at radius 2 is 1.86 bits per heavy atom. The minimum atomic E-state index is -0.178. The predicted octanol–water partition coefficient (Wildman–Crippen LogP) is 5.75. The van der Waals surface area contributed by atoms with E-state index in [0.29, 0.717) is 26.5 Å². The number of amides is 1. The fourth-order valence-corrected chi connectivity index (χ4v) is 3.20. The van der Waals surface area contributed by atoms with E-state index in [1.165, 1.54) is 0 Å². The molecule has 2 nitrogen and oxygen atoms in total. The molecular weight excluding hydrogens is 325 g/mol. The van der Waals surface area contributed by atoms with Gasteiger partial charge in [0.1, 0.15) is 0 Å². The summed E-state index contributed by atoms with van der Waals surface area (Å²) >= 11 is 13.6. The molecule has 110 valence electrons. The van der Waals surface area contributed by atoms with Crippen LogP contribution >= 0.6 is 35.0 Å². The van der Waals surface area contributed by atoms with Crippen LogP contribution in [0.2, 0.25) is 10.0 Å². The Bertz CT molecular complexity index is 658. The fraction of sp³-hybridized carbons (Fsp3) is 0.188. The molecule has 0 spiro atoms. The first-order chi connectivity index (χ1) is 9.97. The highest BCUT2D eigenvalue weighted by molar-refractivity contribution is 8.00. The summed E-state index contributed by atoms with van der Waals surface area (Å²) in [5, 5.41) is 4.18. The standard InChI is InChI=1S/C16H15Cl2NOS/c1-10(2)21-15-6-4-3-5-12(15)16(20)19-14-8-7-11(17)9-13(14)18/h3-10H,1-2H3,(H,19,20). The smallest absolute Gasteiger partial charge is 0.256 e. The van der Waals surface area contributed by atoms with Gasteiger partial charge < -0.3 is 5.32 Å². The summed E-state index contributed by atoms with van der Waals surface area (Å²) < 4.78 is 0. The summed E-state index contributed by atoms with van der Waals surface area (Å²) in [7, 11) is 0. The molecule has 21 heavy (non-hydrogen) atoms. The van der Waals surface area contributed by atoms with E-state index < -0.39 is 0 Å². The lowest BCUT2D eigenvalue weighted by atomic mass is 10.2. The van der Waals surface area contributed by atoms with E-state index in [0.717, 1.165) is 4.90 Å². The summed E-state index contributed by atoms with van der Waals surface area (Å²) in [6.45, 7) is 4.19. The lowest BCUT2D eigenvalue weighted by Gasteiger charge is -2.12. The maximum Gasteiger partial charge on any atom is 0.256 e. The molecule has 0 aromatic heterocycles. The van der Waals surface area contributed by atoms with Crippen LogP contribution in [0.3, 0.4) is 0 Å². The van der Waals surface area contributed by atoms with Crippen molar-refractivity contribution in [1.29, 1.82) is 0 Å². The van der Waals surface area contributed by atoms with Crippen LogP contribution in [0.25, 0.3) is 0 Å². The van der Waals surface area contributed by atoms with Crippen molar-refractivity contribution in [3.63, 3.8) is 0 Å². The number of anilines is 1. The van der Waals surface area contributed by atoms with Crippen LogP contribution < -0.4 is 5.32 Å². The number of nitrogens with one attached hydrogen (secondary N) is 1. The highest BCUT2D eigenvalue weighted by atomic mass is 35.5. The van der Waals surface area contributed by atoms with E-state index >= 15 is 0 Å². The van der Waals surface area contributed by atoms with Crippen molar-refractivity contribution in [2.24, 2.45) is 0 Å². The highest BCUT2D eigenvalue weighted by Crippen LogP contribution is 2.29. The van der Waals surface area contributed by atoms with Crippen LogP contribution in [0.15, 0.2) is 47.4 Å². The third-order valence-corrected chi connectivity index (χ3v) is 4.30. The zero-order chi connectivity index (χ0) is 15.4. The van der Waals surface area contributed by atoms with Crippen molar-refractivity contribution in [1.82, 2.24) is 0 Å². The first-order valence-electron chi connectivity index (χ1n) is 6.49. The number of thioether (sulfide) groups is 1. The molecule has 1 N–H and O–H groups in total. The fourth-order valence-electron chi connectivity index (χ4n) is 1.79. The summed E-state index contributed by atoms with van der Waals surface area (Å²) in [6.07, 6.45) is 0. The number of carbonyl (C=O) groups excluding carboxylic acids is 1. The number of benzene rings is 2. The van der Waals surface area contributed by atoms with Gasteiger partial charge in [0.2, 0.25) is 0 Å². The maximum absolute atomic E-state index is 12.4. The molecule has 1 amide bonds. The van der Waals surface area contributed by atoms with E-state index in [1.807, 2.05) is 24.3 Å². The molecule has 2 rings (SSSR count). The molecule has 5 heteroatoms. The van der Waals surface area contributed by atoms with Gasteiger partial charge in [0.15, 0.2) is 0 Å². The average Bonchev–Trinajstić information content (AvgIpc) is 2.42. The van der Waals surface area contributed by atoms with E-state index in [4.69, 9.17) is 23.2 Å². The van der Waals surface area contributed by atoms with Gasteiger partial charge in [-0.1, -0.05) is 49.2 Å². The molecule has 0 saturated heterocycles. The number of halogens is 2. The van der Waals surface area contributed by atoms with Crippen molar-refractivity contribution >= 4 is 46.6 Å². The van der Waals surface area contributed by atoms with E-state index in [2.05, 4.69) is 19.2 Å². The van der Waals surface area contributed by atoms with Crippen LogP contribution in [0.5, 0.6) is 0 Å². The van der Waals surface area contributed by atoms with Gasteiger partial charge in [0.25, 0.3) is 5.91 Å². The van der Waals surface area contributed by atoms with Crippen molar-refractivity contribution in [3.05, 3.63) is 58.1 Å². The van der Waals surface area contributed by atoms with Gasteiger partial charge in [-0.3, -0.25) is 4.79 Å². The molecule has 2 aromatic carbocycles. The number of carbonyl (C=O) groups is 1. The quantitative estimate of drug-likeness (QED) is 0.719. The van der Waals surface area contributed by atoms with Gasteiger partial charge in [-0.15, -0.1) is 11.8 Å². The minimum Gasteiger partial charge on any atom is -0.321 e. The van der Waals surface area contributed by atoms with E-state index in [-0.39, 0.29) is 5.91 Å². The van der Waals surface area contributed by atoms with Crippen LogP contribution in [0.4, 0.5) is 5.69 Å². The molecule has 2 aromatic rings. The Labute approximate surface area is 138 Å². The van der Waals surface area contributed by atoms with Gasteiger partial charge in [-0.2, -0.15) is 0 Å². The van der Waals surface area contributed by atoms with Gasteiger partial charge in [-0.25, -0.2) is 0 Å². The van der Waals surface area contributed by atoms with E-state index in [1.54, 1.807) is 30.0 Å². The lowest BCUT2D eigenvalue weighted by Crippen LogP contribution is -2.13. The molecule has 0 aliphatic rings. The van der Waals surface area contributed by atoms with Crippen molar-refractivity contribution in [2.45, 2.75) is 24.0 Å². The third-order valence-electron chi connectivity index (χ3n) is 2.67. The van der Waals surface area contributed by atoms with Crippen LogP contribution in [0, 0.1) is 0 Å². The monoisotopic (exact) mass is 339 g/mol. The Morgan fingerprint density at radius 1 is 1.14 bits per heavy atom. The second-order valence-corrected chi connectivity index (χ2v) is 7.20. The van der Waals surface area contributed by atoms with Gasteiger partial charge in [0.05, 0.1) is 16.3 Å². The lowest BCUT2D eigenvalue weighted by molar-refractivity contribution is 0.102. The molecule has 0 aliphatic carbocycles. The second-order valence-electron chi connectivity index (χ2n) is 4.74. The number of rotatable bonds is 4. The highest BCUT2D eigenvalue weighted by Gasteiger charge is 2.14.